The van der Waals surface area contributed by atoms with Crippen molar-refractivity contribution in [3.8, 4) is 0 Å². The van der Waals surface area contributed by atoms with E-state index in [1.807, 2.05) is 0 Å². The molecular formula is C13H21ClN4S. The molecule has 3 heterocycles. The Morgan fingerprint density at radius 1 is 1.05 bits per heavy atom. The summed E-state index contributed by atoms with van der Waals surface area (Å²) in [6, 6.07) is 0.814. The van der Waals surface area contributed by atoms with Crippen LogP contribution in [0.4, 0.5) is 0 Å². The lowest BCUT2D eigenvalue weighted by Crippen LogP contribution is -2.46. The van der Waals surface area contributed by atoms with Gasteiger partial charge in [0.25, 0.3) is 0 Å². The smallest absolute Gasteiger partial charge is 0.207 e. The van der Waals surface area contributed by atoms with Crippen molar-refractivity contribution in [3.63, 3.8) is 0 Å². The topological polar surface area (TPSA) is 32.3 Å². The number of likely N-dealkylation sites (tertiary alicyclic amines) is 2. The quantitative estimate of drug-likeness (QED) is 0.859. The molecule has 106 valence electrons. The maximum atomic E-state index is 5.82. The zero-order chi connectivity index (χ0) is 13.1. The number of nitrogens with zero attached hydrogens (tertiary/aromatic N) is 4. The van der Waals surface area contributed by atoms with Crippen LogP contribution in [-0.2, 0) is 6.54 Å². The van der Waals surface area contributed by atoms with Crippen LogP contribution >= 0.6 is 22.9 Å². The zero-order valence-corrected chi connectivity index (χ0v) is 12.8. The number of aromatic nitrogens is 2. The summed E-state index contributed by atoms with van der Waals surface area (Å²) in [6.07, 6.45) is 6.80. The number of rotatable bonds is 3. The van der Waals surface area contributed by atoms with Crippen molar-refractivity contribution in [2.45, 2.75) is 44.7 Å². The normalized spacial score (nSPS) is 23.8. The molecule has 1 aromatic rings. The van der Waals surface area contributed by atoms with Crippen molar-refractivity contribution < 1.29 is 0 Å². The highest BCUT2D eigenvalue weighted by Crippen LogP contribution is 2.23. The van der Waals surface area contributed by atoms with E-state index in [4.69, 9.17) is 11.6 Å². The first-order valence-corrected chi connectivity index (χ1v) is 8.45. The molecule has 3 rings (SSSR count). The van der Waals surface area contributed by atoms with Crippen LogP contribution in [0.25, 0.3) is 0 Å². The zero-order valence-electron chi connectivity index (χ0n) is 11.2. The van der Waals surface area contributed by atoms with Gasteiger partial charge in [0.15, 0.2) is 0 Å². The summed E-state index contributed by atoms with van der Waals surface area (Å²) in [5, 5.41) is 9.02. The van der Waals surface area contributed by atoms with Gasteiger partial charge in [-0.2, -0.15) is 0 Å². The molecule has 2 aliphatic rings. The van der Waals surface area contributed by atoms with Crippen molar-refractivity contribution in [1.82, 2.24) is 20.0 Å². The largest absolute Gasteiger partial charge is 0.300 e. The molecule has 0 unspecified atom stereocenters. The Kier molecular flexibility index (Phi) is 4.69. The van der Waals surface area contributed by atoms with Crippen molar-refractivity contribution >= 4 is 22.9 Å². The van der Waals surface area contributed by atoms with Gasteiger partial charge >= 0.3 is 0 Å². The van der Waals surface area contributed by atoms with E-state index < -0.39 is 0 Å². The van der Waals surface area contributed by atoms with E-state index in [-0.39, 0.29) is 0 Å². The second kappa shape index (κ2) is 6.48. The summed E-state index contributed by atoms with van der Waals surface area (Å²) >= 11 is 7.32. The van der Waals surface area contributed by atoms with E-state index >= 15 is 0 Å². The van der Waals surface area contributed by atoms with Crippen LogP contribution in [0.3, 0.4) is 0 Å². The predicted molar refractivity (Wildman–Crippen MR) is 78.6 cm³/mol. The van der Waals surface area contributed by atoms with Gasteiger partial charge in [-0.05, 0) is 50.4 Å². The van der Waals surface area contributed by atoms with E-state index in [0.29, 0.717) is 4.47 Å². The first-order valence-electron chi connectivity index (χ1n) is 7.25. The molecule has 0 aliphatic carbocycles. The molecule has 1 aromatic heterocycles. The molecule has 0 atom stereocenters. The van der Waals surface area contributed by atoms with Gasteiger partial charge in [0.05, 0.1) is 6.54 Å². The second-order valence-corrected chi connectivity index (χ2v) is 7.20. The molecule has 0 N–H and O–H groups in total. The van der Waals surface area contributed by atoms with Gasteiger partial charge < -0.3 is 4.90 Å². The van der Waals surface area contributed by atoms with Crippen molar-refractivity contribution in [1.29, 1.82) is 0 Å². The first-order chi connectivity index (χ1) is 9.31. The Hall–Kier alpha value is -0.230. The van der Waals surface area contributed by atoms with Crippen LogP contribution in [0.1, 0.15) is 37.1 Å². The SMILES string of the molecule is Clc1nnc(CN2CCC(N3CCCCC3)CC2)s1. The Morgan fingerprint density at radius 2 is 1.79 bits per heavy atom. The Bertz CT molecular complexity index is 397. The van der Waals surface area contributed by atoms with Crippen LogP contribution in [0.15, 0.2) is 0 Å². The minimum absolute atomic E-state index is 0.554. The monoisotopic (exact) mass is 300 g/mol. The number of halogens is 1. The lowest BCUT2D eigenvalue weighted by molar-refractivity contribution is 0.0895. The molecule has 6 heteroatoms. The second-order valence-electron chi connectivity index (χ2n) is 5.55. The van der Waals surface area contributed by atoms with Crippen LogP contribution in [0, 0.1) is 0 Å². The molecule has 4 nitrogen and oxygen atoms in total. The van der Waals surface area contributed by atoms with Crippen LogP contribution < -0.4 is 0 Å². The molecule has 0 amide bonds. The van der Waals surface area contributed by atoms with Gasteiger partial charge in [-0.25, -0.2) is 0 Å². The fraction of sp³-hybridized carbons (Fsp3) is 0.846. The minimum atomic E-state index is 0.554. The third kappa shape index (κ3) is 3.66. The van der Waals surface area contributed by atoms with Gasteiger partial charge in [-0.15, -0.1) is 10.2 Å². The Labute approximate surface area is 123 Å². The van der Waals surface area contributed by atoms with Crippen LogP contribution in [-0.4, -0.2) is 52.2 Å². The highest BCUT2D eigenvalue weighted by Gasteiger charge is 2.25. The summed E-state index contributed by atoms with van der Waals surface area (Å²) in [6.45, 7) is 5.90. The molecule has 0 bridgehead atoms. The highest BCUT2D eigenvalue weighted by atomic mass is 35.5. The first kappa shape index (κ1) is 13.7. The van der Waals surface area contributed by atoms with Gasteiger partial charge in [0.2, 0.25) is 4.47 Å². The molecule has 2 fully saturated rings. The standard InChI is InChI=1S/C13H21ClN4S/c14-13-16-15-12(19-13)10-17-8-4-11(5-9-17)18-6-2-1-3-7-18/h11H,1-10H2. The van der Waals surface area contributed by atoms with Crippen molar-refractivity contribution in [2.24, 2.45) is 0 Å². The summed E-state index contributed by atoms with van der Waals surface area (Å²) < 4.78 is 0.554. The van der Waals surface area contributed by atoms with Gasteiger partial charge in [-0.1, -0.05) is 17.8 Å². The fourth-order valence-electron chi connectivity index (χ4n) is 3.21. The molecule has 2 aliphatic heterocycles. The Morgan fingerprint density at radius 3 is 2.42 bits per heavy atom. The van der Waals surface area contributed by atoms with Crippen LogP contribution in [0.2, 0.25) is 4.47 Å². The Balaban J connectivity index is 1.46. The summed E-state index contributed by atoms with van der Waals surface area (Å²) in [5.74, 6) is 0. The fourth-order valence-corrected chi connectivity index (χ4v) is 4.12. The minimum Gasteiger partial charge on any atom is -0.300 e. The van der Waals surface area contributed by atoms with Crippen molar-refractivity contribution in [3.05, 3.63) is 9.47 Å². The van der Waals surface area contributed by atoms with E-state index in [9.17, 15) is 0 Å². The molecule has 2 saturated heterocycles. The number of piperidine rings is 2. The maximum Gasteiger partial charge on any atom is 0.207 e. The maximum absolute atomic E-state index is 5.82. The van der Waals surface area contributed by atoms with Gasteiger partial charge in [-0.3, -0.25) is 4.90 Å². The van der Waals surface area contributed by atoms with Gasteiger partial charge in [0.1, 0.15) is 5.01 Å². The molecule has 0 radical (unpaired) electrons. The number of hydrogen-bond acceptors (Lipinski definition) is 5. The summed E-state index contributed by atoms with van der Waals surface area (Å²) in [4.78, 5) is 5.19. The van der Waals surface area contributed by atoms with Crippen LogP contribution in [0.5, 0.6) is 0 Å². The molecule has 0 spiro atoms. The van der Waals surface area contributed by atoms with E-state index in [2.05, 4.69) is 20.0 Å². The molecule has 0 saturated carbocycles. The summed E-state index contributed by atoms with van der Waals surface area (Å²) in [5.41, 5.74) is 0. The molecular weight excluding hydrogens is 280 g/mol. The van der Waals surface area contributed by atoms with E-state index in [0.717, 1.165) is 17.6 Å². The van der Waals surface area contributed by atoms with Gasteiger partial charge in [0, 0.05) is 19.1 Å². The highest BCUT2D eigenvalue weighted by molar-refractivity contribution is 7.15. The third-order valence-corrected chi connectivity index (χ3v) is 5.27. The summed E-state index contributed by atoms with van der Waals surface area (Å²) in [7, 11) is 0. The molecule has 19 heavy (non-hydrogen) atoms. The van der Waals surface area contributed by atoms with E-state index in [1.54, 1.807) is 0 Å². The predicted octanol–water partition coefficient (Wildman–Crippen LogP) is 2.64. The average molecular weight is 301 g/mol. The number of hydrogen-bond donors (Lipinski definition) is 0. The average Bonchev–Trinajstić information content (AvgIpc) is 2.86. The van der Waals surface area contributed by atoms with E-state index in [1.165, 1.54) is 69.6 Å². The lowest BCUT2D eigenvalue weighted by Gasteiger charge is -2.40. The van der Waals surface area contributed by atoms with Crippen molar-refractivity contribution in [2.75, 3.05) is 26.2 Å². The third-order valence-electron chi connectivity index (χ3n) is 4.27. The molecule has 0 aromatic carbocycles. The lowest BCUT2D eigenvalue weighted by atomic mass is 10.00.